The molecule has 13 heteroatoms. The second-order valence-electron chi connectivity index (χ2n) is 12.2. The SMILES string of the molecule is CC(C)(C)OC(=O)ON1CCC[C@@H](CNC(=O)C[C@H](NS(=O)(=O)c2ccc3ccccc3c2)C(=O)N(CCN)C2CC2)C1. The van der Waals surface area contributed by atoms with Crippen LogP contribution in [0.25, 0.3) is 10.8 Å². The van der Waals surface area contributed by atoms with Gasteiger partial charge in [-0.1, -0.05) is 30.3 Å². The first-order chi connectivity index (χ1) is 20.3. The predicted molar refractivity (Wildman–Crippen MR) is 161 cm³/mol. The summed E-state index contributed by atoms with van der Waals surface area (Å²) < 4.78 is 34.6. The minimum Gasteiger partial charge on any atom is -0.427 e. The number of hydrogen-bond acceptors (Lipinski definition) is 9. The first kappa shape index (κ1) is 32.6. The minimum absolute atomic E-state index is 0.00786. The van der Waals surface area contributed by atoms with Crippen molar-refractivity contribution < 1.29 is 32.4 Å². The Morgan fingerprint density at radius 1 is 1.09 bits per heavy atom. The summed E-state index contributed by atoms with van der Waals surface area (Å²) in [5.74, 6) is -0.945. The van der Waals surface area contributed by atoms with Crippen LogP contribution in [0.1, 0.15) is 52.9 Å². The molecule has 43 heavy (non-hydrogen) atoms. The summed E-state index contributed by atoms with van der Waals surface area (Å²) >= 11 is 0. The van der Waals surface area contributed by atoms with Crippen molar-refractivity contribution in [3.8, 4) is 0 Å². The van der Waals surface area contributed by atoms with E-state index in [0.29, 0.717) is 13.1 Å². The zero-order chi connectivity index (χ0) is 31.2. The molecule has 0 spiro atoms. The normalized spacial score (nSPS) is 18.6. The van der Waals surface area contributed by atoms with Crippen molar-refractivity contribution in [3.05, 3.63) is 42.5 Å². The van der Waals surface area contributed by atoms with Crippen molar-refractivity contribution in [1.29, 1.82) is 0 Å². The summed E-state index contributed by atoms with van der Waals surface area (Å²) in [4.78, 5) is 45.7. The number of hydroxylamine groups is 2. The number of piperidine rings is 1. The highest BCUT2D eigenvalue weighted by atomic mass is 32.2. The van der Waals surface area contributed by atoms with Gasteiger partial charge in [-0.3, -0.25) is 9.59 Å². The predicted octanol–water partition coefficient (Wildman–Crippen LogP) is 2.52. The maximum absolute atomic E-state index is 13.6. The maximum Gasteiger partial charge on any atom is 0.528 e. The van der Waals surface area contributed by atoms with Gasteiger partial charge in [0, 0.05) is 38.8 Å². The number of nitrogens with one attached hydrogen (secondary N) is 2. The maximum atomic E-state index is 13.6. The molecule has 2 aliphatic rings. The Bertz CT molecular complexity index is 1410. The molecule has 2 amide bonds. The Kier molecular flexibility index (Phi) is 10.6. The number of carbonyl (C=O) groups is 3. The quantitative estimate of drug-likeness (QED) is 0.304. The summed E-state index contributed by atoms with van der Waals surface area (Å²) in [5, 5.41) is 6.00. The van der Waals surface area contributed by atoms with E-state index < -0.39 is 39.6 Å². The van der Waals surface area contributed by atoms with E-state index in [1.165, 1.54) is 11.1 Å². The lowest BCUT2D eigenvalue weighted by Crippen LogP contribution is -2.52. The van der Waals surface area contributed by atoms with Crippen LogP contribution in [0, 0.1) is 5.92 Å². The first-order valence-electron chi connectivity index (χ1n) is 14.8. The molecule has 1 aliphatic heterocycles. The lowest BCUT2D eigenvalue weighted by Gasteiger charge is -2.32. The molecule has 1 saturated carbocycles. The minimum atomic E-state index is -4.14. The van der Waals surface area contributed by atoms with Crippen LogP contribution in [0.5, 0.6) is 0 Å². The number of fused-ring (bicyclic) bond motifs is 1. The third kappa shape index (κ3) is 9.62. The van der Waals surface area contributed by atoms with Gasteiger partial charge in [-0.15, -0.1) is 5.06 Å². The van der Waals surface area contributed by atoms with Crippen LogP contribution in [-0.2, 0) is 29.2 Å². The highest BCUT2D eigenvalue weighted by Crippen LogP contribution is 2.28. The summed E-state index contributed by atoms with van der Waals surface area (Å²) in [6.45, 7) is 6.99. The van der Waals surface area contributed by atoms with Crippen LogP contribution in [0.3, 0.4) is 0 Å². The summed E-state index contributed by atoms with van der Waals surface area (Å²) in [7, 11) is -4.14. The molecular weight excluding hydrogens is 574 g/mol. The van der Waals surface area contributed by atoms with Gasteiger partial charge in [-0.2, -0.15) is 4.72 Å². The molecule has 0 radical (unpaired) electrons. The summed E-state index contributed by atoms with van der Waals surface area (Å²) in [6.07, 6.45) is 2.03. The highest BCUT2D eigenvalue weighted by molar-refractivity contribution is 7.89. The average molecular weight is 618 g/mol. The van der Waals surface area contributed by atoms with Gasteiger partial charge in [-0.05, 0) is 75.3 Å². The molecule has 0 aromatic heterocycles. The van der Waals surface area contributed by atoms with Crippen LogP contribution in [0.4, 0.5) is 4.79 Å². The van der Waals surface area contributed by atoms with Crippen LogP contribution < -0.4 is 15.8 Å². The zero-order valence-corrected chi connectivity index (χ0v) is 25.9. The van der Waals surface area contributed by atoms with Crippen LogP contribution in [-0.4, -0.2) is 86.8 Å². The van der Waals surface area contributed by atoms with Gasteiger partial charge >= 0.3 is 6.16 Å². The molecule has 2 atom stereocenters. The molecule has 2 fully saturated rings. The third-order valence-electron chi connectivity index (χ3n) is 7.32. The number of sulfonamides is 1. The summed E-state index contributed by atoms with van der Waals surface area (Å²) in [5.41, 5.74) is 5.07. The number of ether oxygens (including phenoxy) is 1. The Hall–Kier alpha value is -3.26. The lowest BCUT2D eigenvalue weighted by molar-refractivity contribution is -0.159. The van der Waals surface area contributed by atoms with E-state index in [1.807, 2.05) is 24.3 Å². The molecule has 4 N–H and O–H groups in total. The molecule has 1 saturated heterocycles. The molecule has 0 bridgehead atoms. The van der Waals surface area contributed by atoms with Gasteiger partial charge in [0.2, 0.25) is 21.8 Å². The fourth-order valence-corrected chi connectivity index (χ4v) is 6.36. The van der Waals surface area contributed by atoms with Gasteiger partial charge in [0.05, 0.1) is 11.3 Å². The van der Waals surface area contributed by atoms with Gasteiger partial charge in [0.25, 0.3) is 0 Å². The molecule has 12 nitrogen and oxygen atoms in total. The van der Waals surface area contributed by atoms with E-state index in [4.69, 9.17) is 15.3 Å². The van der Waals surface area contributed by atoms with Crippen molar-refractivity contribution in [3.63, 3.8) is 0 Å². The standard InChI is InChI=1S/C30H43N5O7S/c1-30(2,3)41-29(38)42-34-15-6-7-21(20-34)19-32-27(36)18-26(28(37)35(16-14-31)24-11-12-24)33-43(39,40)25-13-10-22-8-4-5-9-23(22)17-25/h4-5,8-10,13,17,21,24,26,33H,6-7,11-12,14-16,18-20,31H2,1-3H3,(H,32,36)/t21-,26-/m0/s1. The Labute approximate surface area is 253 Å². The molecule has 236 valence electrons. The van der Waals surface area contributed by atoms with Crippen LogP contribution in [0.15, 0.2) is 47.4 Å². The number of nitrogens with two attached hydrogens (primary N) is 1. The molecule has 1 aliphatic carbocycles. The smallest absolute Gasteiger partial charge is 0.427 e. The number of benzene rings is 2. The number of rotatable bonds is 12. The molecule has 2 aromatic rings. The Morgan fingerprint density at radius 3 is 2.49 bits per heavy atom. The van der Waals surface area contributed by atoms with Crippen molar-refractivity contribution in [2.45, 2.75) is 75.5 Å². The van der Waals surface area contributed by atoms with Gasteiger partial charge in [-0.25, -0.2) is 13.2 Å². The highest BCUT2D eigenvalue weighted by Gasteiger charge is 2.38. The number of nitrogens with zero attached hydrogens (tertiary/aromatic N) is 2. The molecule has 0 unspecified atom stereocenters. The second kappa shape index (κ2) is 14.0. The monoisotopic (exact) mass is 617 g/mol. The average Bonchev–Trinajstić information content (AvgIpc) is 3.78. The third-order valence-corrected chi connectivity index (χ3v) is 8.79. The van der Waals surface area contributed by atoms with E-state index in [2.05, 4.69) is 10.0 Å². The van der Waals surface area contributed by atoms with Gasteiger partial charge in [0.15, 0.2) is 0 Å². The molecular formula is C30H43N5O7S. The topological polar surface area (TPSA) is 160 Å². The van der Waals surface area contributed by atoms with Crippen molar-refractivity contribution >= 4 is 38.8 Å². The van der Waals surface area contributed by atoms with Gasteiger partial charge in [0.1, 0.15) is 11.6 Å². The summed E-state index contributed by atoms with van der Waals surface area (Å²) in [6, 6.07) is 10.8. The number of hydrogen-bond donors (Lipinski definition) is 3. The largest absolute Gasteiger partial charge is 0.528 e. The van der Waals surface area contributed by atoms with E-state index in [1.54, 1.807) is 37.8 Å². The number of carbonyl (C=O) groups excluding carboxylic acids is 3. The number of amides is 2. The van der Waals surface area contributed by atoms with Gasteiger partial charge < -0.3 is 25.5 Å². The van der Waals surface area contributed by atoms with E-state index >= 15 is 0 Å². The molecule has 1 heterocycles. The van der Waals surface area contributed by atoms with Crippen molar-refractivity contribution in [1.82, 2.24) is 20.0 Å². The lowest BCUT2D eigenvalue weighted by atomic mass is 9.99. The van der Waals surface area contributed by atoms with E-state index in [0.717, 1.165) is 36.5 Å². The van der Waals surface area contributed by atoms with Crippen LogP contribution in [0.2, 0.25) is 0 Å². The van der Waals surface area contributed by atoms with Crippen molar-refractivity contribution in [2.24, 2.45) is 11.7 Å². The Balaban J connectivity index is 1.41. The van der Waals surface area contributed by atoms with E-state index in [-0.39, 0.29) is 42.9 Å². The zero-order valence-electron chi connectivity index (χ0n) is 25.1. The fraction of sp³-hybridized carbons (Fsp3) is 0.567. The molecule has 2 aromatic carbocycles. The van der Waals surface area contributed by atoms with Crippen molar-refractivity contribution in [2.75, 3.05) is 32.7 Å². The first-order valence-corrected chi connectivity index (χ1v) is 16.3. The fourth-order valence-electron chi connectivity index (χ4n) is 5.13. The Morgan fingerprint density at radius 2 is 1.81 bits per heavy atom. The van der Waals surface area contributed by atoms with Crippen LogP contribution >= 0.6 is 0 Å². The molecule has 4 rings (SSSR count). The van der Waals surface area contributed by atoms with E-state index in [9.17, 15) is 22.8 Å². The second-order valence-corrected chi connectivity index (χ2v) is 13.9.